The molecule has 2 aromatic carbocycles. The van der Waals surface area contributed by atoms with Gasteiger partial charge in [-0.2, -0.15) is 0 Å². The number of ether oxygens (including phenoxy) is 1. The Morgan fingerprint density at radius 1 is 1.00 bits per heavy atom. The van der Waals surface area contributed by atoms with Crippen LogP contribution in [-0.2, 0) is 0 Å². The summed E-state index contributed by atoms with van der Waals surface area (Å²) in [6, 6.07) is 12.4. The van der Waals surface area contributed by atoms with Gasteiger partial charge in [0.2, 0.25) is 0 Å². The molecule has 2 heteroatoms. The van der Waals surface area contributed by atoms with E-state index < -0.39 is 0 Å². The summed E-state index contributed by atoms with van der Waals surface area (Å²) in [4.78, 5) is 4.48. The van der Waals surface area contributed by atoms with Crippen LogP contribution in [0.2, 0.25) is 0 Å². The molecular formula is C15H13NO. The summed E-state index contributed by atoms with van der Waals surface area (Å²) >= 11 is 0. The molecule has 3 aromatic rings. The second kappa shape index (κ2) is 3.74. The summed E-state index contributed by atoms with van der Waals surface area (Å²) in [5.74, 6) is 0.923. The SMILES string of the molecule is COc1c(C)ccc2ccc3cccnc3c12. The van der Waals surface area contributed by atoms with Crippen molar-refractivity contribution in [1.82, 2.24) is 4.98 Å². The summed E-state index contributed by atoms with van der Waals surface area (Å²) in [5, 5.41) is 3.41. The van der Waals surface area contributed by atoms with Gasteiger partial charge >= 0.3 is 0 Å². The second-order valence-electron chi connectivity index (χ2n) is 4.15. The number of aromatic nitrogens is 1. The van der Waals surface area contributed by atoms with Crippen LogP contribution in [0, 0.1) is 6.92 Å². The summed E-state index contributed by atoms with van der Waals surface area (Å²) in [6.45, 7) is 2.06. The minimum atomic E-state index is 0.923. The van der Waals surface area contributed by atoms with E-state index in [9.17, 15) is 0 Å². The van der Waals surface area contributed by atoms with E-state index in [1.54, 1.807) is 7.11 Å². The van der Waals surface area contributed by atoms with Crippen molar-refractivity contribution in [3.8, 4) is 5.75 Å². The van der Waals surface area contributed by atoms with E-state index in [0.717, 1.165) is 27.6 Å². The van der Waals surface area contributed by atoms with Crippen molar-refractivity contribution in [2.45, 2.75) is 6.92 Å². The van der Waals surface area contributed by atoms with Crippen LogP contribution in [-0.4, -0.2) is 12.1 Å². The lowest BCUT2D eigenvalue weighted by molar-refractivity contribution is 0.417. The number of benzene rings is 2. The maximum absolute atomic E-state index is 5.53. The van der Waals surface area contributed by atoms with Crippen LogP contribution in [0.25, 0.3) is 21.7 Å². The number of aryl methyl sites for hydroxylation is 1. The number of fused-ring (bicyclic) bond motifs is 3. The van der Waals surface area contributed by atoms with Crippen molar-refractivity contribution in [3.05, 3.63) is 48.2 Å². The van der Waals surface area contributed by atoms with Crippen LogP contribution in [0.15, 0.2) is 42.6 Å². The molecule has 2 nitrogen and oxygen atoms in total. The maximum Gasteiger partial charge on any atom is 0.131 e. The Kier molecular flexibility index (Phi) is 2.22. The standard InChI is InChI=1S/C15H13NO/c1-10-5-6-11-7-8-12-4-3-9-16-14(12)13(11)15(10)17-2/h3-9H,1-2H3. The molecule has 0 aliphatic rings. The average molecular weight is 223 g/mol. The fraction of sp³-hybridized carbons (Fsp3) is 0.133. The van der Waals surface area contributed by atoms with E-state index in [-0.39, 0.29) is 0 Å². The first-order chi connectivity index (χ1) is 8.31. The van der Waals surface area contributed by atoms with Gasteiger partial charge in [-0.1, -0.05) is 30.3 Å². The lowest BCUT2D eigenvalue weighted by Gasteiger charge is -2.10. The lowest BCUT2D eigenvalue weighted by Crippen LogP contribution is -1.90. The van der Waals surface area contributed by atoms with Gasteiger partial charge in [0, 0.05) is 11.6 Å². The summed E-state index contributed by atoms with van der Waals surface area (Å²) in [6.07, 6.45) is 1.82. The monoisotopic (exact) mass is 223 g/mol. The Hall–Kier alpha value is -2.09. The highest BCUT2D eigenvalue weighted by molar-refractivity contribution is 6.08. The Morgan fingerprint density at radius 2 is 1.76 bits per heavy atom. The minimum absolute atomic E-state index is 0.923. The highest BCUT2D eigenvalue weighted by Crippen LogP contribution is 2.33. The molecule has 0 unspecified atom stereocenters. The number of hydrogen-bond donors (Lipinski definition) is 0. The molecule has 0 N–H and O–H groups in total. The first kappa shape index (κ1) is 10.1. The molecule has 0 atom stereocenters. The number of rotatable bonds is 1. The van der Waals surface area contributed by atoms with E-state index in [2.05, 4.69) is 42.2 Å². The molecular weight excluding hydrogens is 210 g/mol. The number of nitrogens with zero attached hydrogens (tertiary/aromatic N) is 1. The van der Waals surface area contributed by atoms with Crippen molar-refractivity contribution in [2.75, 3.05) is 7.11 Å². The van der Waals surface area contributed by atoms with Crippen LogP contribution >= 0.6 is 0 Å². The number of pyridine rings is 1. The number of methoxy groups -OCH3 is 1. The smallest absolute Gasteiger partial charge is 0.131 e. The van der Waals surface area contributed by atoms with Crippen molar-refractivity contribution in [1.29, 1.82) is 0 Å². The average Bonchev–Trinajstić information content (AvgIpc) is 2.38. The van der Waals surface area contributed by atoms with Gasteiger partial charge in [-0.25, -0.2) is 0 Å². The molecule has 0 saturated heterocycles. The normalized spacial score (nSPS) is 10.9. The Balaban J connectivity index is 2.59. The van der Waals surface area contributed by atoms with E-state index in [0.29, 0.717) is 0 Å². The van der Waals surface area contributed by atoms with Gasteiger partial charge in [0.25, 0.3) is 0 Å². The lowest BCUT2D eigenvalue weighted by atomic mass is 10.0. The van der Waals surface area contributed by atoms with Gasteiger partial charge in [0.05, 0.1) is 18.0 Å². The molecule has 1 aromatic heterocycles. The molecule has 84 valence electrons. The van der Waals surface area contributed by atoms with Gasteiger partial charge in [-0.15, -0.1) is 0 Å². The number of hydrogen-bond acceptors (Lipinski definition) is 2. The molecule has 0 aliphatic carbocycles. The minimum Gasteiger partial charge on any atom is -0.496 e. The molecule has 0 spiro atoms. The van der Waals surface area contributed by atoms with Gasteiger partial charge in [0.1, 0.15) is 5.75 Å². The van der Waals surface area contributed by atoms with Gasteiger partial charge in [-0.05, 0) is 23.9 Å². The summed E-state index contributed by atoms with van der Waals surface area (Å²) < 4.78 is 5.53. The van der Waals surface area contributed by atoms with E-state index in [4.69, 9.17) is 4.74 Å². The molecule has 0 saturated carbocycles. The Morgan fingerprint density at radius 3 is 2.59 bits per heavy atom. The maximum atomic E-state index is 5.53. The highest BCUT2D eigenvalue weighted by atomic mass is 16.5. The molecule has 0 radical (unpaired) electrons. The van der Waals surface area contributed by atoms with E-state index >= 15 is 0 Å². The van der Waals surface area contributed by atoms with Crippen LogP contribution in [0.1, 0.15) is 5.56 Å². The largest absolute Gasteiger partial charge is 0.496 e. The topological polar surface area (TPSA) is 22.1 Å². The van der Waals surface area contributed by atoms with Crippen molar-refractivity contribution >= 4 is 21.7 Å². The molecule has 0 bridgehead atoms. The predicted octanol–water partition coefficient (Wildman–Crippen LogP) is 3.71. The zero-order valence-electron chi connectivity index (χ0n) is 9.90. The molecule has 0 fully saturated rings. The molecule has 17 heavy (non-hydrogen) atoms. The quantitative estimate of drug-likeness (QED) is 0.587. The molecule has 0 aliphatic heterocycles. The zero-order valence-corrected chi connectivity index (χ0v) is 9.90. The zero-order chi connectivity index (χ0) is 11.8. The predicted molar refractivity (Wildman–Crippen MR) is 70.5 cm³/mol. The van der Waals surface area contributed by atoms with Crippen LogP contribution in [0.5, 0.6) is 5.75 Å². The van der Waals surface area contributed by atoms with Crippen LogP contribution in [0.4, 0.5) is 0 Å². The van der Waals surface area contributed by atoms with Gasteiger partial charge in [-0.3, -0.25) is 4.98 Å². The van der Waals surface area contributed by atoms with E-state index in [1.807, 2.05) is 12.3 Å². The third-order valence-electron chi connectivity index (χ3n) is 3.11. The van der Waals surface area contributed by atoms with Crippen LogP contribution < -0.4 is 4.74 Å². The molecule has 1 heterocycles. The van der Waals surface area contributed by atoms with Crippen LogP contribution in [0.3, 0.4) is 0 Å². The first-order valence-corrected chi connectivity index (χ1v) is 5.62. The van der Waals surface area contributed by atoms with Crippen molar-refractivity contribution < 1.29 is 4.74 Å². The highest BCUT2D eigenvalue weighted by Gasteiger charge is 2.09. The fourth-order valence-electron chi connectivity index (χ4n) is 2.29. The van der Waals surface area contributed by atoms with Crippen molar-refractivity contribution in [2.24, 2.45) is 0 Å². The Bertz CT molecular complexity index is 704. The molecule has 0 amide bonds. The van der Waals surface area contributed by atoms with Gasteiger partial charge in [0.15, 0.2) is 0 Å². The fourth-order valence-corrected chi connectivity index (χ4v) is 2.29. The first-order valence-electron chi connectivity index (χ1n) is 5.62. The second-order valence-corrected chi connectivity index (χ2v) is 4.15. The summed E-state index contributed by atoms with van der Waals surface area (Å²) in [5.41, 5.74) is 2.14. The Labute approximate surface area is 99.9 Å². The summed E-state index contributed by atoms with van der Waals surface area (Å²) in [7, 11) is 1.71. The van der Waals surface area contributed by atoms with Crippen molar-refractivity contribution in [3.63, 3.8) is 0 Å². The van der Waals surface area contributed by atoms with Gasteiger partial charge < -0.3 is 4.74 Å². The molecule has 3 rings (SSSR count). The third-order valence-corrected chi connectivity index (χ3v) is 3.11. The third kappa shape index (κ3) is 1.45. The van der Waals surface area contributed by atoms with E-state index in [1.165, 1.54) is 5.39 Å².